The summed E-state index contributed by atoms with van der Waals surface area (Å²) in [5.74, 6) is 0.898. The smallest absolute Gasteiger partial charge is 0.123 e. The predicted octanol–water partition coefficient (Wildman–Crippen LogP) is 4.05. The van der Waals surface area contributed by atoms with E-state index in [0.29, 0.717) is 0 Å². The van der Waals surface area contributed by atoms with Gasteiger partial charge in [0.1, 0.15) is 11.6 Å². The zero-order valence-electron chi connectivity index (χ0n) is 11.2. The molecule has 1 atom stereocenters. The molecule has 100 valence electrons. The molecule has 0 radical (unpaired) electrons. The lowest BCUT2D eigenvalue weighted by Gasteiger charge is -2.14. The first kappa shape index (κ1) is 13.4. The van der Waals surface area contributed by atoms with Crippen LogP contribution in [-0.2, 0) is 0 Å². The Morgan fingerprint density at radius 2 is 1.89 bits per heavy atom. The summed E-state index contributed by atoms with van der Waals surface area (Å²) in [5, 5.41) is 3.34. The van der Waals surface area contributed by atoms with E-state index in [2.05, 4.69) is 12.2 Å². The van der Waals surface area contributed by atoms with Crippen LogP contribution >= 0.6 is 0 Å². The molecule has 2 aromatic rings. The quantitative estimate of drug-likeness (QED) is 0.874. The van der Waals surface area contributed by atoms with Gasteiger partial charge in [-0.3, -0.25) is 0 Å². The molecule has 19 heavy (non-hydrogen) atoms. The summed E-state index contributed by atoms with van der Waals surface area (Å²) in [6, 6.07) is 14.5. The van der Waals surface area contributed by atoms with Crippen molar-refractivity contribution >= 4 is 5.69 Å². The summed E-state index contributed by atoms with van der Waals surface area (Å²) >= 11 is 0. The molecule has 0 aliphatic rings. The number of anilines is 1. The summed E-state index contributed by atoms with van der Waals surface area (Å²) in [6.45, 7) is 2.83. The van der Waals surface area contributed by atoms with E-state index in [-0.39, 0.29) is 11.7 Å². The van der Waals surface area contributed by atoms with Gasteiger partial charge in [-0.05, 0) is 47.9 Å². The second-order valence-corrected chi connectivity index (χ2v) is 4.57. The zero-order chi connectivity index (χ0) is 13.7. The van der Waals surface area contributed by atoms with Crippen molar-refractivity contribution in [2.24, 2.45) is 0 Å². The van der Waals surface area contributed by atoms with Gasteiger partial charge < -0.3 is 10.1 Å². The third kappa shape index (κ3) is 3.71. The molecule has 0 heterocycles. The van der Waals surface area contributed by atoms with Crippen molar-refractivity contribution in [1.29, 1.82) is 0 Å². The average molecular weight is 259 g/mol. The van der Waals surface area contributed by atoms with Crippen molar-refractivity contribution < 1.29 is 9.13 Å². The van der Waals surface area contributed by atoms with E-state index in [9.17, 15) is 4.39 Å². The highest BCUT2D eigenvalue weighted by atomic mass is 19.1. The van der Waals surface area contributed by atoms with Gasteiger partial charge in [0.05, 0.1) is 7.11 Å². The molecule has 0 aromatic heterocycles. The molecule has 0 saturated heterocycles. The second kappa shape index (κ2) is 6.23. The first-order chi connectivity index (χ1) is 9.19. The van der Waals surface area contributed by atoms with Crippen LogP contribution in [0.5, 0.6) is 5.75 Å². The first-order valence-electron chi connectivity index (χ1n) is 6.32. The number of halogens is 1. The molecule has 0 bridgehead atoms. The van der Waals surface area contributed by atoms with E-state index in [4.69, 9.17) is 4.74 Å². The van der Waals surface area contributed by atoms with Crippen molar-refractivity contribution in [1.82, 2.24) is 0 Å². The summed E-state index contributed by atoms with van der Waals surface area (Å²) in [6.07, 6.45) is 0. The topological polar surface area (TPSA) is 21.3 Å². The van der Waals surface area contributed by atoms with Gasteiger partial charge in [0.2, 0.25) is 0 Å². The summed E-state index contributed by atoms with van der Waals surface area (Å²) < 4.78 is 18.2. The Hall–Kier alpha value is -2.03. The van der Waals surface area contributed by atoms with E-state index < -0.39 is 0 Å². The van der Waals surface area contributed by atoms with Crippen LogP contribution in [0.4, 0.5) is 10.1 Å². The maximum Gasteiger partial charge on any atom is 0.123 e. The minimum absolute atomic E-state index is 0.186. The zero-order valence-corrected chi connectivity index (χ0v) is 11.2. The standard InChI is InChI=1S/C16H18FNO/c1-12(13-4-3-5-14(17)10-13)11-18-15-6-8-16(19-2)9-7-15/h3-10,12,18H,11H2,1-2H3. The minimum atomic E-state index is -0.186. The third-order valence-electron chi connectivity index (χ3n) is 3.12. The van der Waals surface area contributed by atoms with Gasteiger partial charge in [-0.2, -0.15) is 0 Å². The van der Waals surface area contributed by atoms with Crippen molar-refractivity contribution in [2.45, 2.75) is 12.8 Å². The average Bonchev–Trinajstić information content (AvgIpc) is 2.45. The number of nitrogens with one attached hydrogen (secondary N) is 1. The van der Waals surface area contributed by atoms with E-state index in [0.717, 1.165) is 23.5 Å². The number of hydrogen-bond donors (Lipinski definition) is 1. The van der Waals surface area contributed by atoms with Gasteiger partial charge in [-0.15, -0.1) is 0 Å². The lowest BCUT2D eigenvalue weighted by atomic mass is 10.0. The van der Waals surface area contributed by atoms with Crippen LogP contribution in [0.15, 0.2) is 48.5 Å². The molecule has 0 spiro atoms. The lowest BCUT2D eigenvalue weighted by Crippen LogP contribution is -2.09. The highest BCUT2D eigenvalue weighted by Gasteiger charge is 2.06. The molecular formula is C16H18FNO. The maximum atomic E-state index is 13.1. The number of ether oxygens (including phenoxy) is 1. The summed E-state index contributed by atoms with van der Waals surface area (Å²) in [5.41, 5.74) is 2.03. The molecule has 0 fully saturated rings. The molecule has 1 unspecified atom stereocenters. The fraction of sp³-hybridized carbons (Fsp3) is 0.250. The molecular weight excluding hydrogens is 241 g/mol. The fourth-order valence-corrected chi connectivity index (χ4v) is 1.91. The Balaban J connectivity index is 1.94. The monoisotopic (exact) mass is 259 g/mol. The highest BCUT2D eigenvalue weighted by Crippen LogP contribution is 2.19. The summed E-state index contributed by atoms with van der Waals surface area (Å²) in [4.78, 5) is 0. The van der Waals surface area contributed by atoms with Crippen LogP contribution in [-0.4, -0.2) is 13.7 Å². The third-order valence-corrected chi connectivity index (χ3v) is 3.12. The minimum Gasteiger partial charge on any atom is -0.497 e. The molecule has 0 amide bonds. The second-order valence-electron chi connectivity index (χ2n) is 4.57. The Morgan fingerprint density at radius 1 is 1.16 bits per heavy atom. The number of methoxy groups -OCH3 is 1. The van der Waals surface area contributed by atoms with Gasteiger partial charge >= 0.3 is 0 Å². The molecule has 2 nitrogen and oxygen atoms in total. The Morgan fingerprint density at radius 3 is 2.53 bits per heavy atom. The molecule has 0 saturated carbocycles. The van der Waals surface area contributed by atoms with Gasteiger partial charge in [0, 0.05) is 12.2 Å². The van der Waals surface area contributed by atoms with Gasteiger partial charge in [-0.1, -0.05) is 19.1 Å². The van der Waals surface area contributed by atoms with Crippen molar-refractivity contribution in [3.05, 3.63) is 59.9 Å². The summed E-state index contributed by atoms with van der Waals surface area (Å²) in [7, 11) is 1.65. The van der Waals surface area contributed by atoms with Crippen LogP contribution in [0.1, 0.15) is 18.4 Å². The van der Waals surface area contributed by atoms with Crippen LogP contribution in [0.2, 0.25) is 0 Å². The predicted molar refractivity (Wildman–Crippen MR) is 76.3 cm³/mol. The molecule has 3 heteroatoms. The van der Waals surface area contributed by atoms with Gasteiger partial charge in [0.15, 0.2) is 0 Å². The number of benzene rings is 2. The van der Waals surface area contributed by atoms with E-state index in [1.807, 2.05) is 30.3 Å². The van der Waals surface area contributed by atoms with Crippen LogP contribution < -0.4 is 10.1 Å². The van der Waals surface area contributed by atoms with E-state index in [1.165, 1.54) is 6.07 Å². The molecule has 0 aliphatic carbocycles. The Kier molecular flexibility index (Phi) is 4.39. The SMILES string of the molecule is COc1ccc(NCC(C)c2cccc(F)c2)cc1. The molecule has 2 aromatic carbocycles. The first-order valence-corrected chi connectivity index (χ1v) is 6.32. The lowest BCUT2D eigenvalue weighted by molar-refractivity contribution is 0.415. The fourth-order valence-electron chi connectivity index (χ4n) is 1.91. The van der Waals surface area contributed by atoms with E-state index >= 15 is 0 Å². The van der Waals surface area contributed by atoms with Crippen LogP contribution in [0.3, 0.4) is 0 Å². The molecule has 2 rings (SSSR count). The molecule has 0 aliphatic heterocycles. The van der Waals surface area contributed by atoms with Crippen molar-refractivity contribution in [2.75, 3.05) is 19.0 Å². The van der Waals surface area contributed by atoms with Crippen LogP contribution in [0.25, 0.3) is 0 Å². The van der Waals surface area contributed by atoms with Crippen LogP contribution in [0, 0.1) is 5.82 Å². The highest BCUT2D eigenvalue weighted by molar-refractivity contribution is 5.46. The van der Waals surface area contributed by atoms with Gasteiger partial charge in [-0.25, -0.2) is 4.39 Å². The largest absolute Gasteiger partial charge is 0.497 e. The van der Waals surface area contributed by atoms with E-state index in [1.54, 1.807) is 19.2 Å². The van der Waals surface area contributed by atoms with Gasteiger partial charge in [0.25, 0.3) is 0 Å². The number of rotatable bonds is 5. The number of hydrogen-bond acceptors (Lipinski definition) is 2. The maximum absolute atomic E-state index is 13.1. The Bertz CT molecular complexity index is 525. The molecule has 1 N–H and O–H groups in total. The Labute approximate surface area is 113 Å². The normalized spacial score (nSPS) is 11.9. The van der Waals surface area contributed by atoms with Crippen molar-refractivity contribution in [3.63, 3.8) is 0 Å². The van der Waals surface area contributed by atoms with Crippen molar-refractivity contribution in [3.8, 4) is 5.75 Å².